The van der Waals surface area contributed by atoms with E-state index in [4.69, 9.17) is 16.3 Å². The number of ether oxygens (including phenoxy) is 1. The molecule has 0 saturated heterocycles. The lowest BCUT2D eigenvalue weighted by Gasteiger charge is -2.05. The molecule has 0 radical (unpaired) electrons. The van der Waals surface area contributed by atoms with Gasteiger partial charge in [0.1, 0.15) is 16.4 Å². The maximum absolute atomic E-state index is 11.2. The first kappa shape index (κ1) is 14.0. The van der Waals surface area contributed by atoms with E-state index in [0.29, 0.717) is 5.69 Å². The van der Waals surface area contributed by atoms with Crippen LogP contribution in [-0.4, -0.2) is 28.0 Å². The summed E-state index contributed by atoms with van der Waals surface area (Å²) in [7, 11) is 1.47. The second kappa shape index (κ2) is 5.73. The first-order valence-electron chi connectivity index (χ1n) is 5.30. The normalized spacial score (nSPS) is 10.7. The zero-order valence-corrected chi connectivity index (χ0v) is 12.3. The summed E-state index contributed by atoms with van der Waals surface area (Å²) in [5.41, 5.74) is 0.910. The van der Waals surface area contributed by atoms with Crippen molar-refractivity contribution in [1.82, 2.24) is 9.78 Å². The van der Waals surface area contributed by atoms with Gasteiger partial charge in [0.25, 0.3) is 0 Å². The van der Waals surface area contributed by atoms with E-state index in [9.17, 15) is 9.90 Å². The van der Waals surface area contributed by atoms with Gasteiger partial charge >= 0.3 is 5.97 Å². The highest BCUT2D eigenvalue weighted by molar-refractivity contribution is 9.10. The second-order valence-electron chi connectivity index (χ2n) is 3.71. The lowest BCUT2D eigenvalue weighted by Crippen LogP contribution is -2.01. The fourth-order valence-electron chi connectivity index (χ4n) is 1.67. The van der Waals surface area contributed by atoms with Gasteiger partial charge in [0.2, 0.25) is 0 Å². The fraction of sp³-hybridized carbons (Fsp3) is 0.167. The smallest absolute Gasteiger partial charge is 0.340 e. The number of nitrogens with zero attached hydrogens (tertiary/aromatic N) is 2. The Hall–Kier alpha value is -1.37. The molecule has 0 unspecified atom stereocenters. The Kier molecular flexibility index (Phi) is 4.24. The number of halogens is 2. The van der Waals surface area contributed by atoms with E-state index in [0.717, 1.165) is 4.47 Å². The predicted octanol–water partition coefficient (Wildman–Crippen LogP) is 3.13. The van der Waals surface area contributed by atoms with E-state index in [1.54, 1.807) is 6.07 Å². The largest absolute Gasteiger partial charge is 0.478 e. The number of para-hydroxylation sites is 1. The Labute approximate surface area is 122 Å². The van der Waals surface area contributed by atoms with Gasteiger partial charge < -0.3 is 9.84 Å². The first-order valence-corrected chi connectivity index (χ1v) is 6.48. The maximum atomic E-state index is 11.2. The summed E-state index contributed by atoms with van der Waals surface area (Å²) in [6, 6.07) is 7.27. The van der Waals surface area contributed by atoms with E-state index in [2.05, 4.69) is 21.0 Å². The zero-order valence-electron chi connectivity index (χ0n) is 9.93. The van der Waals surface area contributed by atoms with Crippen molar-refractivity contribution in [3.05, 3.63) is 45.1 Å². The molecule has 100 valence electrons. The van der Waals surface area contributed by atoms with Crippen molar-refractivity contribution in [2.75, 3.05) is 7.11 Å². The van der Waals surface area contributed by atoms with Crippen LogP contribution in [0.3, 0.4) is 0 Å². The van der Waals surface area contributed by atoms with Crippen LogP contribution >= 0.6 is 27.5 Å². The molecule has 2 aromatic rings. The Morgan fingerprint density at radius 2 is 2.21 bits per heavy atom. The molecule has 0 aliphatic carbocycles. The summed E-state index contributed by atoms with van der Waals surface area (Å²) in [6.07, 6.45) is 0. The van der Waals surface area contributed by atoms with Gasteiger partial charge in [-0.25, -0.2) is 9.48 Å². The lowest BCUT2D eigenvalue weighted by atomic mass is 10.2. The van der Waals surface area contributed by atoms with Crippen LogP contribution in [0.15, 0.2) is 28.7 Å². The topological polar surface area (TPSA) is 64.4 Å². The highest BCUT2D eigenvalue weighted by atomic mass is 79.9. The molecule has 1 heterocycles. The SMILES string of the molecule is COCc1nn(-c2ccccc2Br)c(Cl)c1C(=O)O. The van der Waals surface area contributed by atoms with Crippen molar-refractivity contribution >= 4 is 33.5 Å². The molecule has 0 saturated carbocycles. The van der Waals surface area contributed by atoms with Gasteiger partial charge in [0, 0.05) is 11.6 Å². The van der Waals surface area contributed by atoms with Crippen molar-refractivity contribution in [1.29, 1.82) is 0 Å². The highest BCUT2D eigenvalue weighted by Crippen LogP contribution is 2.28. The van der Waals surface area contributed by atoms with Crippen LogP contribution in [0.5, 0.6) is 0 Å². The van der Waals surface area contributed by atoms with Crippen molar-refractivity contribution in [2.45, 2.75) is 6.61 Å². The van der Waals surface area contributed by atoms with Crippen LogP contribution in [0.1, 0.15) is 16.1 Å². The Morgan fingerprint density at radius 1 is 1.53 bits per heavy atom. The number of rotatable bonds is 4. The number of carboxylic acids is 1. The van der Waals surface area contributed by atoms with Gasteiger partial charge in [-0.2, -0.15) is 5.10 Å². The Bertz CT molecular complexity index is 627. The third-order valence-corrected chi connectivity index (χ3v) is 3.50. The molecule has 0 fully saturated rings. The van der Waals surface area contributed by atoms with Crippen LogP contribution in [-0.2, 0) is 11.3 Å². The lowest BCUT2D eigenvalue weighted by molar-refractivity contribution is 0.0692. The van der Waals surface area contributed by atoms with Gasteiger partial charge in [-0.05, 0) is 28.1 Å². The number of carboxylic acid groups (broad SMARTS) is 1. The monoisotopic (exact) mass is 344 g/mol. The number of carbonyl (C=O) groups is 1. The molecule has 0 bridgehead atoms. The minimum Gasteiger partial charge on any atom is -0.478 e. The third-order valence-electron chi connectivity index (χ3n) is 2.48. The molecule has 1 N–H and O–H groups in total. The maximum Gasteiger partial charge on any atom is 0.340 e. The van der Waals surface area contributed by atoms with Gasteiger partial charge in [0.05, 0.1) is 12.3 Å². The predicted molar refractivity (Wildman–Crippen MR) is 73.9 cm³/mol. The molecule has 2 rings (SSSR count). The van der Waals surface area contributed by atoms with E-state index in [1.807, 2.05) is 18.2 Å². The van der Waals surface area contributed by atoms with Crippen molar-refractivity contribution in [3.63, 3.8) is 0 Å². The first-order chi connectivity index (χ1) is 9.06. The van der Waals surface area contributed by atoms with E-state index in [-0.39, 0.29) is 23.0 Å². The molecule has 5 nitrogen and oxygen atoms in total. The average Bonchev–Trinajstić information content (AvgIpc) is 2.67. The minimum atomic E-state index is -1.13. The molecule has 19 heavy (non-hydrogen) atoms. The fourth-order valence-corrected chi connectivity index (χ4v) is 2.44. The number of methoxy groups -OCH3 is 1. The summed E-state index contributed by atoms with van der Waals surface area (Å²) in [5.74, 6) is -1.13. The second-order valence-corrected chi connectivity index (χ2v) is 4.93. The Morgan fingerprint density at radius 3 is 2.79 bits per heavy atom. The molecular weight excluding hydrogens is 336 g/mol. The molecule has 0 aliphatic rings. The summed E-state index contributed by atoms with van der Waals surface area (Å²) in [6.45, 7) is 0.0821. The molecule has 0 amide bonds. The van der Waals surface area contributed by atoms with Crippen LogP contribution < -0.4 is 0 Å². The molecule has 0 aliphatic heterocycles. The number of aromatic nitrogens is 2. The van der Waals surface area contributed by atoms with Crippen LogP contribution in [0, 0.1) is 0 Å². The third kappa shape index (κ3) is 2.65. The quantitative estimate of drug-likeness (QED) is 0.924. The molecule has 1 aromatic carbocycles. The Balaban J connectivity index is 2.63. The number of hydrogen-bond donors (Lipinski definition) is 1. The summed E-state index contributed by atoms with van der Waals surface area (Å²) in [5, 5.41) is 13.4. The molecule has 0 atom stereocenters. The van der Waals surface area contributed by atoms with Crippen molar-refractivity contribution in [2.24, 2.45) is 0 Å². The van der Waals surface area contributed by atoms with Crippen molar-refractivity contribution < 1.29 is 14.6 Å². The molecule has 0 spiro atoms. The molecule has 1 aromatic heterocycles. The van der Waals surface area contributed by atoms with Crippen LogP contribution in [0.2, 0.25) is 5.15 Å². The minimum absolute atomic E-state index is 0.0423. The van der Waals surface area contributed by atoms with E-state index < -0.39 is 5.97 Å². The number of aromatic carboxylic acids is 1. The van der Waals surface area contributed by atoms with E-state index >= 15 is 0 Å². The highest BCUT2D eigenvalue weighted by Gasteiger charge is 2.23. The van der Waals surface area contributed by atoms with Crippen LogP contribution in [0.4, 0.5) is 0 Å². The van der Waals surface area contributed by atoms with E-state index in [1.165, 1.54) is 11.8 Å². The molecular formula is C12H10BrClN2O3. The van der Waals surface area contributed by atoms with Crippen molar-refractivity contribution in [3.8, 4) is 5.69 Å². The van der Waals surface area contributed by atoms with Gasteiger partial charge in [0.15, 0.2) is 0 Å². The van der Waals surface area contributed by atoms with Gasteiger partial charge in [-0.15, -0.1) is 0 Å². The standard InChI is InChI=1S/C12H10BrClN2O3/c1-19-6-8-10(12(17)18)11(14)16(15-8)9-5-3-2-4-7(9)13/h2-5H,6H2,1H3,(H,17,18). The number of hydrogen-bond acceptors (Lipinski definition) is 3. The zero-order chi connectivity index (χ0) is 14.0. The summed E-state index contributed by atoms with van der Waals surface area (Å²) < 4.78 is 7.09. The van der Waals surface area contributed by atoms with Gasteiger partial charge in [-0.1, -0.05) is 23.7 Å². The molecule has 7 heteroatoms. The summed E-state index contributed by atoms with van der Waals surface area (Å²) >= 11 is 9.49. The van der Waals surface area contributed by atoms with Gasteiger partial charge in [-0.3, -0.25) is 0 Å². The number of benzene rings is 1. The summed E-state index contributed by atoms with van der Waals surface area (Å²) in [4.78, 5) is 11.2. The van der Waals surface area contributed by atoms with Crippen LogP contribution in [0.25, 0.3) is 5.69 Å². The average molecular weight is 346 g/mol.